The van der Waals surface area contributed by atoms with E-state index in [2.05, 4.69) is 24.9 Å². The number of ether oxygens (including phenoxy) is 1. The first-order valence-electron chi connectivity index (χ1n) is 11.3. The number of hydrogen-bond acceptors (Lipinski definition) is 7. The van der Waals surface area contributed by atoms with E-state index >= 15 is 0 Å². The number of nitrogens with zero attached hydrogens (tertiary/aromatic N) is 2. The number of aromatic amines is 3. The number of aliphatic hydroxyl groups is 2. The number of H-pyrrole nitrogens is 3. The van der Waals surface area contributed by atoms with Gasteiger partial charge >= 0.3 is 6.18 Å². The number of hydrogen-bond donors (Lipinski definition) is 5. The summed E-state index contributed by atoms with van der Waals surface area (Å²) in [5, 5.41) is 18.7. The summed E-state index contributed by atoms with van der Waals surface area (Å²) in [7, 11) is 0. The van der Waals surface area contributed by atoms with E-state index in [4.69, 9.17) is 22.1 Å². The summed E-state index contributed by atoms with van der Waals surface area (Å²) in [6, 6.07) is 12.5. The minimum Gasteiger partial charge on any atom is -0.484 e. The van der Waals surface area contributed by atoms with Gasteiger partial charge in [0, 0.05) is 17.5 Å². The number of rotatable bonds is 7. The van der Waals surface area contributed by atoms with Crippen LogP contribution >= 0.6 is 24.0 Å². The Balaban J connectivity index is 0.000000232. The maximum Gasteiger partial charge on any atom is 0.422 e. The highest BCUT2D eigenvalue weighted by molar-refractivity contribution is 7.98. The van der Waals surface area contributed by atoms with Crippen molar-refractivity contribution in [1.29, 1.82) is 0 Å². The summed E-state index contributed by atoms with van der Waals surface area (Å²) in [4.78, 5) is 17.8. The van der Waals surface area contributed by atoms with Crippen LogP contribution in [0, 0.1) is 11.7 Å². The van der Waals surface area contributed by atoms with Gasteiger partial charge in [-0.15, -0.1) is 0 Å². The quantitative estimate of drug-likeness (QED) is 0.127. The summed E-state index contributed by atoms with van der Waals surface area (Å²) >= 11 is 6.31. The maximum atomic E-state index is 12.3. The lowest BCUT2D eigenvalue weighted by molar-refractivity contribution is -0.153. The van der Waals surface area contributed by atoms with Crippen LogP contribution in [0.15, 0.2) is 53.8 Å². The first-order chi connectivity index (χ1) is 18.1. The highest BCUT2D eigenvalue weighted by Gasteiger charge is 2.28. The first kappa shape index (κ1) is 27.6. The molecule has 0 bridgehead atoms. The van der Waals surface area contributed by atoms with Crippen LogP contribution in [-0.4, -0.2) is 47.9 Å². The second-order valence-corrected chi connectivity index (χ2v) is 9.61. The van der Waals surface area contributed by atoms with Gasteiger partial charge in [0.2, 0.25) is 0 Å². The molecule has 0 fully saturated rings. The number of fused-ring (bicyclic) bond motifs is 2. The van der Waals surface area contributed by atoms with Gasteiger partial charge in [0.05, 0.1) is 41.0 Å². The molecule has 0 aliphatic rings. The van der Waals surface area contributed by atoms with Crippen LogP contribution in [0.1, 0.15) is 22.4 Å². The van der Waals surface area contributed by atoms with Crippen LogP contribution in [0.2, 0.25) is 0 Å². The van der Waals surface area contributed by atoms with Crippen LogP contribution < -0.4 is 4.74 Å². The molecule has 5 aromatic rings. The second kappa shape index (κ2) is 12.0. The minimum absolute atomic E-state index is 0.0503. The standard InChI is InChI=1S/C17H16F3N3O2S.C8H8N2OS/c1-10-14(21-5-4-15(10)25-9-17(18,19)20)8-26-16-22-12-3-2-11(7-24)6-13(12)23-16;11-4-5-1-2-6-7(3-5)10-8(12)9-6/h2-6,24H,7-9H2,1H3,(H,22,23);1-3,11H,4H2,(H2,9,10,12). The molecule has 5 N–H and O–H groups in total. The summed E-state index contributed by atoms with van der Waals surface area (Å²) in [5.74, 6) is 0.604. The van der Waals surface area contributed by atoms with Crippen LogP contribution in [0.25, 0.3) is 22.1 Å². The number of aliphatic hydroxyl groups excluding tert-OH is 2. The zero-order valence-corrected chi connectivity index (χ0v) is 21.7. The number of alkyl halides is 3. The Morgan fingerprint density at radius 3 is 2.34 bits per heavy atom. The third-order valence-electron chi connectivity index (χ3n) is 5.47. The molecule has 3 heterocycles. The van der Waals surface area contributed by atoms with Crippen molar-refractivity contribution in [2.75, 3.05) is 6.61 Å². The molecule has 0 saturated carbocycles. The molecule has 0 unspecified atom stereocenters. The number of aromatic nitrogens is 5. The number of thioether (sulfide) groups is 1. The highest BCUT2D eigenvalue weighted by Crippen LogP contribution is 2.28. The summed E-state index contributed by atoms with van der Waals surface area (Å²) < 4.78 is 42.4. The molecule has 0 amide bonds. The number of nitrogens with one attached hydrogen (secondary N) is 3. The van der Waals surface area contributed by atoms with Gasteiger partial charge in [-0.05, 0) is 60.6 Å². The smallest absolute Gasteiger partial charge is 0.422 e. The van der Waals surface area contributed by atoms with Crippen LogP contribution in [0.5, 0.6) is 5.75 Å². The normalized spacial score (nSPS) is 11.5. The molecule has 8 nitrogen and oxygen atoms in total. The number of benzene rings is 2. The Kier molecular flexibility index (Phi) is 8.72. The fourth-order valence-electron chi connectivity index (χ4n) is 3.54. The summed E-state index contributed by atoms with van der Waals surface area (Å²) in [6.45, 7) is 0.356. The van der Waals surface area contributed by atoms with Gasteiger partial charge in [-0.3, -0.25) is 4.98 Å². The molecule has 0 aliphatic heterocycles. The molecule has 5 rings (SSSR count). The third-order valence-corrected chi connectivity index (χ3v) is 6.55. The maximum absolute atomic E-state index is 12.3. The average Bonchev–Trinajstić information content (AvgIpc) is 3.47. The van der Waals surface area contributed by atoms with E-state index in [1.54, 1.807) is 13.0 Å². The van der Waals surface area contributed by atoms with Crippen molar-refractivity contribution >= 4 is 46.0 Å². The van der Waals surface area contributed by atoms with E-state index in [0.29, 0.717) is 26.9 Å². The molecular formula is C25H24F3N5O3S2. The SMILES string of the molecule is Cc1c(OCC(F)(F)F)ccnc1CSc1nc2ccc(CO)cc2[nH]1.OCc1ccc2[nH]c(=S)[nH]c2c1. The lowest BCUT2D eigenvalue weighted by Crippen LogP contribution is -2.19. The molecule has 0 spiro atoms. The van der Waals surface area contributed by atoms with Crippen molar-refractivity contribution in [2.45, 2.75) is 37.2 Å². The lowest BCUT2D eigenvalue weighted by Gasteiger charge is -2.13. The third kappa shape index (κ3) is 7.13. The molecular weight excluding hydrogens is 539 g/mol. The van der Waals surface area contributed by atoms with E-state index in [9.17, 15) is 18.3 Å². The predicted molar refractivity (Wildman–Crippen MR) is 142 cm³/mol. The van der Waals surface area contributed by atoms with Crippen molar-refractivity contribution in [1.82, 2.24) is 24.9 Å². The molecule has 3 aromatic heterocycles. The van der Waals surface area contributed by atoms with Gasteiger partial charge in [-0.2, -0.15) is 13.2 Å². The van der Waals surface area contributed by atoms with E-state index in [1.165, 1.54) is 24.0 Å². The lowest BCUT2D eigenvalue weighted by atomic mass is 10.2. The van der Waals surface area contributed by atoms with Crippen molar-refractivity contribution in [3.8, 4) is 5.75 Å². The van der Waals surface area contributed by atoms with Gasteiger partial charge in [-0.1, -0.05) is 23.9 Å². The number of halogens is 3. The zero-order valence-electron chi connectivity index (χ0n) is 20.1. The van der Waals surface area contributed by atoms with Gasteiger partial charge in [0.25, 0.3) is 0 Å². The molecule has 0 aliphatic carbocycles. The van der Waals surface area contributed by atoms with E-state index in [1.807, 2.05) is 30.3 Å². The Morgan fingerprint density at radius 2 is 1.63 bits per heavy atom. The van der Waals surface area contributed by atoms with E-state index in [-0.39, 0.29) is 19.0 Å². The Hall–Kier alpha value is -3.39. The van der Waals surface area contributed by atoms with Gasteiger partial charge < -0.3 is 29.9 Å². The van der Waals surface area contributed by atoms with Crippen LogP contribution in [-0.2, 0) is 19.0 Å². The fourth-order valence-corrected chi connectivity index (χ4v) is 4.66. The van der Waals surface area contributed by atoms with Crippen LogP contribution in [0.3, 0.4) is 0 Å². The van der Waals surface area contributed by atoms with Gasteiger partial charge in [-0.25, -0.2) is 4.98 Å². The molecule has 0 atom stereocenters. The Morgan fingerprint density at radius 1 is 0.947 bits per heavy atom. The average molecular weight is 564 g/mol. The summed E-state index contributed by atoms with van der Waals surface area (Å²) in [5.41, 5.74) is 6.36. The summed E-state index contributed by atoms with van der Waals surface area (Å²) in [6.07, 6.45) is -2.95. The van der Waals surface area contributed by atoms with E-state index < -0.39 is 12.8 Å². The first-order valence-corrected chi connectivity index (χ1v) is 12.7. The molecule has 38 heavy (non-hydrogen) atoms. The number of imidazole rings is 2. The number of pyridine rings is 1. The molecule has 0 radical (unpaired) electrons. The monoisotopic (exact) mass is 563 g/mol. The fraction of sp³-hybridized carbons (Fsp3) is 0.240. The largest absolute Gasteiger partial charge is 0.484 e. The topological polar surface area (TPSA) is 123 Å². The van der Waals surface area contributed by atoms with E-state index in [0.717, 1.165) is 33.2 Å². The zero-order chi connectivity index (χ0) is 27.3. The van der Waals surface area contributed by atoms with Crippen LogP contribution in [0.4, 0.5) is 13.2 Å². The van der Waals surface area contributed by atoms with Crippen molar-refractivity contribution in [3.63, 3.8) is 0 Å². The highest BCUT2D eigenvalue weighted by atomic mass is 32.2. The molecule has 13 heteroatoms. The van der Waals surface area contributed by atoms with Gasteiger partial charge in [0.1, 0.15) is 5.75 Å². The van der Waals surface area contributed by atoms with Crippen molar-refractivity contribution in [3.05, 3.63) is 75.8 Å². The molecule has 2 aromatic carbocycles. The Bertz CT molecular complexity index is 1600. The van der Waals surface area contributed by atoms with Crippen molar-refractivity contribution < 1.29 is 28.1 Å². The van der Waals surface area contributed by atoms with Crippen molar-refractivity contribution in [2.24, 2.45) is 0 Å². The Labute approximate surface area is 224 Å². The molecule has 200 valence electrons. The van der Waals surface area contributed by atoms with Gasteiger partial charge in [0.15, 0.2) is 16.5 Å². The minimum atomic E-state index is -4.38. The predicted octanol–water partition coefficient (Wildman–Crippen LogP) is 5.71. The molecule has 0 saturated heterocycles. The second-order valence-electron chi connectivity index (χ2n) is 8.24.